The van der Waals surface area contributed by atoms with E-state index in [1.807, 2.05) is 30.3 Å². The van der Waals surface area contributed by atoms with Gasteiger partial charge in [-0.3, -0.25) is 0 Å². The lowest BCUT2D eigenvalue weighted by molar-refractivity contribution is 0.673. The summed E-state index contributed by atoms with van der Waals surface area (Å²) in [5.74, 6) is 0. The Morgan fingerprint density at radius 3 is 1.76 bits per heavy atom. The molecule has 210 valence electrons. The van der Waals surface area contributed by atoms with Crippen LogP contribution in [0.15, 0.2) is 162 Å². The zero-order valence-electron chi connectivity index (χ0n) is 24.3. The van der Waals surface area contributed by atoms with E-state index in [4.69, 9.17) is 14.4 Å². The Hall–Kier alpha value is -6.06. The average Bonchev–Trinajstić information content (AvgIpc) is 3.51. The fourth-order valence-corrected chi connectivity index (χ4v) is 6.57. The van der Waals surface area contributed by atoms with E-state index in [-0.39, 0.29) is 0 Å². The van der Waals surface area contributed by atoms with Gasteiger partial charge in [0, 0.05) is 27.3 Å². The minimum absolute atomic E-state index is 0.851. The molecule has 0 radical (unpaired) electrons. The summed E-state index contributed by atoms with van der Waals surface area (Å²) in [7, 11) is 0. The van der Waals surface area contributed by atoms with Crippen molar-refractivity contribution in [1.82, 2.24) is 9.97 Å². The number of benzene rings is 7. The molecule has 0 saturated heterocycles. The lowest BCUT2D eigenvalue weighted by Crippen LogP contribution is -1.96. The van der Waals surface area contributed by atoms with Crippen molar-refractivity contribution >= 4 is 43.7 Å². The number of para-hydroxylation sites is 2. The first kappa shape index (κ1) is 25.4. The fraction of sp³-hybridized carbons (Fsp3) is 0. The molecule has 0 aliphatic rings. The van der Waals surface area contributed by atoms with Crippen molar-refractivity contribution < 1.29 is 4.42 Å². The Morgan fingerprint density at radius 1 is 0.378 bits per heavy atom. The highest BCUT2D eigenvalue weighted by Crippen LogP contribution is 2.44. The largest absolute Gasteiger partial charge is 0.455 e. The highest BCUT2D eigenvalue weighted by Gasteiger charge is 2.21. The molecule has 0 fully saturated rings. The number of hydrogen-bond acceptors (Lipinski definition) is 3. The number of furan rings is 1. The summed E-state index contributed by atoms with van der Waals surface area (Å²) in [5.41, 5.74) is 11.9. The SMILES string of the molecule is c1ccc(-c2cccc(-c3nc4ccccc4nc3-c3cc4c(oc5cccc(-c6ccccc6)c54)c4ccccc34)c2)cc1. The lowest BCUT2D eigenvalue weighted by atomic mass is 9.93. The summed E-state index contributed by atoms with van der Waals surface area (Å²) in [4.78, 5) is 10.6. The van der Waals surface area contributed by atoms with E-state index in [0.29, 0.717) is 0 Å². The third kappa shape index (κ3) is 4.21. The number of aromatic nitrogens is 2. The van der Waals surface area contributed by atoms with Crippen LogP contribution in [-0.2, 0) is 0 Å². The number of fused-ring (bicyclic) bond motifs is 6. The summed E-state index contributed by atoms with van der Waals surface area (Å²) in [5, 5.41) is 4.30. The Labute approximate surface area is 260 Å². The van der Waals surface area contributed by atoms with E-state index in [2.05, 4.69) is 127 Å². The Morgan fingerprint density at radius 2 is 0.978 bits per heavy atom. The monoisotopic (exact) mass is 574 g/mol. The van der Waals surface area contributed by atoms with Crippen molar-refractivity contribution in [2.75, 3.05) is 0 Å². The van der Waals surface area contributed by atoms with Crippen LogP contribution in [0.3, 0.4) is 0 Å². The van der Waals surface area contributed by atoms with Crippen LogP contribution in [0.4, 0.5) is 0 Å². The third-order valence-corrected chi connectivity index (χ3v) is 8.66. The molecule has 3 nitrogen and oxygen atoms in total. The van der Waals surface area contributed by atoms with Crippen molar-refractivity contribution in [3.63, 3.8) is 0 Å². The van der Waals surface area contributed by atoms with Crippen molar-refractivity contribution in [2.45, 2.75) is 0 Å². The Kier molecular flexibility index (Phi) is 5.82. The first-order chi connectivity index (χ1) is 22.3. The van der Waals surface area contributed by atoms with Crippen molar-refractivity contribution in [3.8, 4) is 44.8 Å². The normalized spacial score (nSPS) is 11.6. The molecule has 0 atom stereocenters. The minimum atomic E-state index is 0.851. The van der Waals surface area contributed by atoms with Gasteiger partial charge < -0.3 is 4.42 Å². The van der Waals surface area contributed by atoms with Gasteiger partial charge >= 0.3 is 0 Å². The van der Waals surface area contributed by atoms with Crippen molar-refractivity contribution in [3.05, 3.63) is 158 Å². The molecule has 9 rings (SSSR count). The molecule has 0 spiro atoms. The molecule has 0 amide bonds. The van der Waals surface area contributed by atoms with Gasteiger partial charge in [0.25, 0.3) is 0 Å². The van der Waals surface area contributed by atoms with Crippen LogP contribution in [0.25, 0.3) is 88.5 Å². The van der Waals surface area contributed by atoms with E-state index in [9.17, 15) is 0 Å². The predicted octanol–water partition coefficient (Wildman–Crippen LogP) is 11.4. The van der Waals surface area contributed by atoms with E-state index in [1.165, 1.54) is 5.56 Å². The molecule has 7 aromatic carbocycles. The second-order valence-electron chi connectivity index (χ2n) is 11.3. The van der Waals surface area contributed by atoms with Crippen LogP contribution < -0.4 is 0 Å². The molecule has 0 aliphatic heterocycles. The molecular weight excluding hydrogens is 548 g/mol. The van der Waals surface area contributed by atoms with Crippen LogP contribution >= 0.6 is 0 Å². The summed E-state index contributed by atoms with van der Waals surface area (Å²) in [6.07, 6.45) is 0. The topological polar surface area (TPSA) is 38.9 Å². The van der Waals surface area contributed by atoms with Crippen LogP contribution in [-0.4, -0.2) is 9.97 Å². The summed E-state index contributed by atoms with van der Waals surface area (Å²) >= 11 is 0. The second kappa shape index (κ2) is 10.3. The van der Waals surface area contributed by atoms with Gasteiger partial charge in [0.2, 0.25) is 0 Å². The number of rotatable bonds is 4. The molecule has 0 aliphatic carbocycles. The summed E-state index contributed by atoms with van der Waals surface area (Å²) in [6.45, 7) is 0. The van der Waals surface area contributed by atoms with Crippen molar-refractivity contribution in [2.24, 2.45) is 0 Å². The van der Waals surface area contributed by atoms with Gasteiger partial charge in [0.1, 0.15) is 11.2 Å². The molecular formula is C42H26N2O. The van der Waals surface area contributed by atoms with E-state index in [0.717, 1.165) is 82.9 Å². The van der Waals surface area contributed by atoms with Crippen LogP contribution in [0.2, 0.25) is 0 Å². The van der Waals surface area contributed by atoms with Gasteiger partial charge in [-0.1, -0.05) is 127 Å². The molecule has 45 heavy (non-hydrogen) atoms. The lowest BCUT2D eigenvalue weighted by Gasteiger charge is -2.14. The standard InChI is InChI=1S/C42H26N2O/c1-3-13-27(14-4-1)29-17-11-18-30(25-29)40-41(44-37-23-10-9-22-36(37)43-40)34-26-35-39-31(28-15-5-2-6-16-28)21-12-24-38(39)45-42(35)33-20-8-7-19-32(33)34/h1-26H. The molecule has 2 heterocycles. The van der Waals surface area contributed by atoms with Crippen LogP contribution in [0.5, 0.6) is 0 Å². The smallest absolute Gasteiger partial charge is 0.143 e. The maximum Gasteiger partial charge on any atom is 0.143 e. The molecule has 2 aromatic heterocycles. The Balaban J connectivity index is 1.38. The number of hydrogen-bond donors (Lipinski definition) is 0. The van der Waals surface area contributed by atoms with Crippen molar-refractivity contribution in [1.29, 1.82) is 0 Å². The predicted molar refractivity (Wildman–Crippen MR) is 186 cm³/mol. The van der Waals surface area contributed by atoms with Crippen LogP contribution in [0.1, 0.15) is 0 Å². The number of nitrogens with zero attached hydrogens (tertiary/aromatic N) is 2. The highest BCUT2D eigenvalue weighted by molar-refractivity contribution is 6.22. The van der Waals surface area contributed by atoms with E-state index in [1.54, 1.807) is 0 Å². The highest BCUT2D eigenvalue weighted by atomic mass is 16.3. The maximum absolute atomic E-state index is 6.63. The van der Waals surface area contributed by atoms with Gasteiger partial charge in [-0.05, 0) is 58.0 Å². The summed E-state index contributed by atoms with van der Waals surface area (Å²) in [6, 6.07) is 54.8. The van der Waals surface area contributed by atoms with Gasteiger partial charge in [0.15, 0.2) is 0 Å². The van der Waals surface area contributed by atoms with E-state index < -0.39 is 0 Å². The van der Waals surface area contributed by atoms with Gasteiger partial charge in [-0.15, -0.1) is 0 Å². The van der Waals surface area contributed by atoms with Gasteiger partial charge in [-0.25, -0.2) is 9.97 Å². The maximum atomic E-state index is 6.63. The first-order valence-corrected chi connectivity index (χ1v) is 15.2. The van der Waals surface area contributed by atoms with E-state index >= 15 is 0 Å². The Bertz CT molecular complexity index is 2530. The van der Waals surface area contributed by atoms with Crippen LogP contribution in [0, 0.1) is 0 Å². The molecule has 0 bridgehead atoms. The third-order valence-electron chi connectivity index (χ3n) is 8.66. The first-order valence-electron chi connectivity index (χ1n) is 15.2. The summed E-state index contributed by atoms with van der Waals surface area (Å²) < 4.78 is 6.63. The quantitative estimate of drug-likeness (QED) is 0.210. The minimum Gasteiger partial charge on any atom is -0.455 e. The molecule has 0 N–H and O–H groups in total. The molecule has 9 aromatic rings. The molecule has 0 saturated carbocycles. The van der Waals surface area contributed by atoms with Gasteiger partial charge in [0.05, 0.1) is 22.4 Å². The van der Waals surface area contributed by atoms with Gasteiger partial charge in [-0.2, -0.15) is 0 Å². The molecule has 3 heteroatoms. The fourth-order valence-electron chi connectivity index (χ4n) is 6.57. The molecule has 0 unspecified atom stereocenters. The zero-order chi connectivity index (χ0) is 29.7. The average molecular weight is 575 g/mol. The second-order valence-corrected chi connectivity index (χ2v) is 11.3. The zero-order valence-corrected chi connectivity index (χ0v) is 24.3.